The van der Waals surface area contributed by atoms with Crippen LogP contribution in [-0.4, -0.2) is 57.7 Å². The van der Waals surface area contributed by atoms with E-state index >= 15 is 0 Å². The highest BCUT2D eigenvalue weighted by Crippen LogP contribution is 2.19. The number of nitrogens with one attached hydrogen (secondary N) is 1. The van der Waals surface area contributed by atoms with Gasteiger partial charge in [0, 0.05) is 6.54 Å². The number of rotatable bonds is 7. The quantitative estimate of drug-likeness (QED) is 0.652. The molecular weight excluding hydrogens is 344 g/mol. The molecule has 1 saturated heterocycles. The first-order valence-electron chi connectivity index (χ1n) is 8.10. The van der Waals surface area contributed by atoms with Crippen molar-refractivity contribution in [1.82, 2.24) is 10.2 Å². The van der Waals surface area contributed by atoms with Crippen molar-refractivity contribution in [3.63, 3.8) is 0 Å². The lowest BCUT2D eigenvalue weighted by Gasteiger charge is -2.26. The van der Waals surface area contributed by atoms with Gasteiger partial charge in [-0.05, 0) is 18.4 Å². The van der Waals surface area contributed by atoms with Crippen molar-refractivity contribution in [2.75, 3.05) is 6.54 Å². The predicted octanol–water partition coefficient (Wildman–Crippen LogP) is 0.832. The van der Waals surface area contributed by atoms with Gasteiger partial charge in [-0.15, -0.1) is 0 Å². The number of alkyl carbamates (subject to hydrolysis) is 1. The summed E-state index contributed by atoms with van der Waals surface area (Å²) in [5.41, 5.74) is 0.731. The largest absolute Gasteiger partial charge is 0.481 e. The monoisotopic (exact) mass is 364 g/mol. The predicted molar refractivity (Wildman–Crippen MR) is 88.2 cm³/mol. The van der Waals surface area contributed by atoms with E-state index in [9.17, 15) is 19.2 Å². The van der Waals surface area contributed by atoms with Crippen molar-refractivity contribution in [2.24, 2.45) is 0 Å². The number of aliphatic carboxylic acids is 2. The molecule has 9 nitrogen and oxygen atoms in total. The van der Waals surface area contributed by atoms with E-state index in [1.165, 1.54) is 0 Å². The number of carbonyl (C=O) groups excluding carboxylic acids is 2. The Morgan fingerprint density at radius 2 is 1.88 bits per heavy atom. The fourth-order valence-corrected chi connectivity index (χ4v) is 2.77. The zero-order valence-electron chi connectivity index (χ0n) is 14.0. The van der Waals surface area contributed by atoms with Crippen LogP contribution in [0.25, 0.3) is 0 Å². The van der Waals surface area contributed by atoms with Crippen molar-refractivity contribution >= 4 is 23.9 Å². The third-order valence-electron chi connectivity index (χ3n) is 4.00. The number of carboxylic acids is 2. The van der Waals surface area contributed by atoms with Gasteiger partial charge in [0.25, 0.3) is 0 Å². The minimum Gasteiger partial charge on any atom is -0.481 e. The van der Waals surface area contributed by atoms with E-state index in [-0.39, 0.29) is 13.2 Å². The summed E-state index contributed by atoms with van der Waals surface area (Å²) < 4.78 is 5.00. The lowest BCUT2D eigenvalue weighted by atomic mass is 10.1. The number of likely N-dealkylation sites (tertiary alicyclic amines) is 1. The van der Waals surface area contributed by atoms with Gasteiger partial charge in [-0.3, -0.25) is 9.59 Å². The molecule has 0 unspecified atom stereocenters. The molecule has 1 aliphatic heterocycles. The van der Waals surface area contributed by atoms with E-state index in [0.29, 0.717) is 12.8 Å². The Morgan fingerprint density at radius 1 is 1.19 bits per heavy atom. The van der Waals surface area contributed by atoms with Crippen molar-refractivity contribution in [2.45, 2.75) is 38.0 Å². The molecule has 0 spiro atoms. The molecule has 0 aromatic heterocycles. The highest BCUT2D eigenvalue weighted by molar-refractivity contribution is 5.92. The summed E-state index contributed by atoms with van der Waals surface area (Å²) >= 11 is 0. The molecule has 1 fully saturated rings. The molecule has 3 N–H and O–H groups in total. The zero-order valence-corrected chi connectivity index (χ0v) is 14.0. The summed E-state index contributed by atoms with van der Waals surface area (Å²) in [6, 6.07) is 6.43. The number of nitrogens with zero attached hydrogens (tertiary/aromatic N) is 1. The molecule has 0 bridgehead atoms. The van der Waals surface area contributed by atoms with Gasteiger partial charge in [-0.1, -0.05) is 30.3 Å². The van der Waals surface area contributed by atoms with E-state index in [1.54, 1.807) is 30.3 Å². The number of hydrogen-bond acceptors (Lipinski definition) is 5. The normalized spacial score (nSPS) is 17.4. The van der Waals surface area contributed by atoms with Crippen LogP contribution < -0.4 is 5.32 Å². The smallest absolute Gasteiger partial charge is 0.408 e. The van der Waals surface area contributed by atoms with E-state index in [2.05, 4.69) is 5.32 Å². The number of carboxylic acid groups (broad SMARTS) is 2. The molecule has 2 amide bonds. The maximum absolute atomic E-state index is 12.5. The van der Waals surface area contributed by atoms with Crippen LogP contribution in [0, 0.1) is 0 Å². The van der Waals surface area contributed by atoms with Crippen LogP contribution in [0.3, 0.4) is 0 Å². The molecule has 9 heteroatoms. The topological polar surface area (TPSA) is 133 Å². The molecule has 1 aromatic rings. The average Bonchev–Trinajstić information content (AvgIpc) is 3.09. The summed E-state index contributed by atoms with van der Waals surface area (Å²) in [7, 11) is 0. The summed E-state index contributed by atoms with van der Waals surface area (Å²) in [5, 5.41) is 20.4. The van der Waals surface area contributed by atoms with Gasteiger partial charge in [-0.25, -0.2) is 9.59 Å². The van der Waals surface area contributed by atoms with E-state index in [4.69, 9.17) is 14.9 Å². The van der Waals surface area contributed by atoms with Crippen molar-refractivity contribution < 1.29 is 34.1 Å². The van der Waals surface area contributed by atoms with E-state index in [1.807, 2.05) is 0 Å². The lowest BCUT2D eigenvalue weighted by molar-refractivity contribution is -0.150. The molecule has 1 aromatic carbocycles. The Morgan fingerprint density at radius 3 is 2.50 bits per heavy atom. The van der Waals surface area contributed by atoms with Crippen molar-refractivity contribution in [1.29, 1.82) is 0 Å². The SMILES string of the molecule is O=C(O)C[C@H](NC(=O)OCc1ccccc1)C(=O)N1CCC[C@H]1C(=O)O. The fraction of sp³-hybridized carbons (Fsp3) is 0.412. The zero-order chi connectivity index (χ0) is 19.1. The van der Waals surface area contributed by atoms with Crippen LogP contribution in [0.2, 0.25) is 0 Å². The molecule has 0 radical (unpaired) electrons. The minimum atomic E-state index is -1.39. The van der Waals surface area contributed by atoms with E-state index in [0.717, 1.165) is 10.5 Å². The molecule has 2 atom stereocenters. The lowest BCUT2D eigenvalue weighted by Crippen LogP contribution is -2.52. The Bertz CT molecular complexity index is 677. The molecule has 0 saturated carbocycles. The second-order valence-electron chi connectivity index (χ2n) is 5.88. The first-order chi connectivity index (χ1) is 12.4. The summed E-state index contributed by atoms with van der Waals surface area (Å²) in [6.45, 7) is 0.161. The molecular formula is C17H20N2O7. The molecule has 2 rings (SSSR count). The minimum absolute atomic E-state index is 0.0396. The Kier molecular flexibility index (Phi) is 6.54. The van der Waals surface area contributed by atoms with Crippen molar-refractivity contribution in [3.05, 3.63) is 35.9 Å². The maximum atomic E-state index is 12.5. The van der Waals surface area contributed by atoms with Crippen LogP contribution in [-0.2, 0) is 25.7 Å². The van der Waals surface area contributed by atoms with Gasteiger partial charge >= 0.3 is 18.0 Å². The van der Waals surface area contributed by atoms with Gasteiger partial charge in [0.05, 0.1) is 6.42 Å². The third-order valence-corrected chi connectivity index (χ3v) is 4.00. The Balaban J connectivity index is 1.99. The number of amides is 2. The first kappa shape index (κ1) is 19.2. The molecule has 26 heavy (non-hydrogen) atoms. The van der Waals surface area contributed by atoms with Gasteiger partial charge < -0.3 is 25.2 Å². The Labute approximate surface area is 149 Å². The second kappa shape index (κ2) is 8.84. The standard InChI is InChI=1S/C17H20N2O7/c20-14(21)9-12(15(22)19-8-4-7-13(19)16(23)24)18-17(25)26-10-11-5-2-1-3-6-11/h1-3,5-6,12-13H,4,7-10H2,(H,18,25)(H,20,21)(H,23,24)/t12-,13-/m0/s1. The van der Waals surface area contributed by atoms with Crippen LogP contribution in [0.15, 0.2) is 30.3 Å². The molecule has 140 valence electrons. The summed E-state index contributed by atoms with van der Waals surface area (Å²) in [5.74, 6) is -3.19. The number of hydrogen-bond donors (Lipinski definition) is 3. The van der Waals surface area contributed by atoms with Gasteiger partial charge in [0.2, 0.25) is 5.91 Å². The highest BCUT2D eigenvalue weighted by atomic mass is 16.5. The molecule has 1 heterocycles. The van der Waals surface area contributed by atoms with Crippen LogP contribution in [0.4, 0.5) is 4.79 Å². The fourth-order valence-electron chi connectivity index (χ4n) is 2.77. The highest BCUT2D eigenvalue weighted by Gasteiger charge is 2.38. The maximum Gasteiger partial charge on any atom is 0.408 e. The second-order valence-corrected chi connectivity index (χ2v) is 5.88. The molecule has 1 aliphatic rings. The van der Waals surface area contributed by atoms with Crippen LogP contribution >= 0.6 is 0 Å². The van der Waals surface area contributed by atoms with E-state index < -0.39 is 42.4 Å². The third kappa shape index (κ3) is 5.20. The van der Waals surface area contributed by atoms with Gasteiger partial charge in [0.1, 0.15) is 18.7 Å². The summed E-state index contributed by atoms with van der Waals surface area (Å²) in [4.78, 5) is 47.8. The molecule has 0 aliphatic carbocycles. The first-order valence-corrected chi connectivity index (χ1v) is 8.10. The number of carbonyl (C=O) groups is 4. The van der Waals surface area contributed by atoms with Gasteiger partial charge in [-0.2, -0.15) is 0 Å². The van der Waals surface area contributed by atoms with Crippen LogP contribution in [0.1, 0.15) is 24.8 Å². The van der Waals surface area contributed by atoms with Crippen molar-refractivity contribution in [3.8, 4) is 0 Å². The summed E-state index contributed by atoms with van der Waals surface area (Å²) in [6.07, 6.45) is -0.818. The van der Waals surface area contributed by atoms with Crippen LogP contribution in [0.5, 0.6) is 0 Å². The number of ether oxygens (including phenoxy) is 1. The average molecular weight is 364 g/mol. The Hall–Kier alpha value is -3.10. The van der Waals surface area contributed by atoms with Gasteiger partial charge in [0.15, 0.2) is 0 Å². The number of benzene rings is 1.